The third-order valence-corrected chi connectivity index (χ3v) is 6.05. The molecule has 0 bridgehead atoms. The van der Waals surface area contributed by atoms with Gasteiger partial charge in [-0.05, 0) is 26.0 Å². The molecule has 128 valence electrons. The van der Waals surface area contributed by atoms with Gasteiger partial charge < -0.3 is 20.2 Å². The number of aliphatic carboxylic acids is 1. The summed E-state index contributed by atoms with van der Waals surface area (Å²) in [7, 11) is 0. The molecule has 2 saturated heterocycles. The lowest BCUT2D eigenvalue weighted by atomic mass is 9.85. The molecule has 0 unspecified atom stereocenters. The van der Waals surface area contributed by atoms with E-state index in [1.165, 1.54) is 40.9 Å². The number of fused-ring (bicyclic) bond motifs is 1. The van der Waals surface area contributed by atoms with Crippen LogP contribution in [0.3, 0.4) is 0 Å². The standard InChI is InChI=1S/C16H17NO6S/c1-16(2)12(15(22)23)17-13(21)9(14(17)24-16)11(20)10(19)7-4-3-5-8(18)6-7/h3-6,9,11-12,14,18,20H,1-2H3,(H,22,23)/t9-,11+,12+,14-/m1/s1. The Morgan fingerprint density at radius 3 is 2.58 bits per heavy atom. The molecule has 1 aromatic rings. The number of aliphatic hydroxyl groups excluding tert-OH is 1. The minimum atomic E-state index is -1.57. The molecule has 1 amide bonds. The normalized spacial score (nSPS) is 28.9. The molecule has 2 fully saturated rings. The van der Waals surface area contributed by atoms with E-state index in [9.17, 15) is 29.7 Å². The number of hydrogen-bond acceptors (Lipinski definition) is 6. The van der Waals surface area contributed by atoms with Crippen molar-refractivity contribution in [2.75, 3.05) is 0 Å². The Labute approximate surface area is 142 Å². The highest BCUT2D eigenvalue weighted by Crippen LogP contribution is 2.54. The van der Waals surface area contributed by atoms with E-state index >= 15 is 0 Å². The summed E-state index contributed by atoms with van der Waals surface area (Å²) >= 11 is 1.27. The van der Waals surface area contributed by atoms with Crippen molar-refractivity contribution in [3.63, 3.8) is 0 Å². The number of aliphatic hydroxyl groups is 1. The van der Waals surface area contributed by atoms with E-state index in [1.807, 2.05) is 0 Å². The Hall–Kier alpha value is -2.06. The number of carboxylic acids is 1. The average Bonchev–Trinajstić information content (AvgIpc) is 2.74. The zero-order chi connectivity index (χ0) is 17.8. The van der Waals surface area contributed by atoms with Crippen LogP contribution in [0.25, 0.3) is 0 Å². The number of β-lactam (4-membered cyclic amide) rings is 1. The molecule has 8 heteroatoms. The smallest absolute Gasteiger partial charge is 0.327 e. The van der Waals surface area contributed by atoms with Gasteiger partial charge in [0.1, 0.15) is 23.8 Å². The van der Waals surface area contributed by atoms with E-state index in [0.717, 1.165) is 0 Å². The third-order valence-electron chi connectivity index (χ3n) is 4.46. The lowest BCUT2D eigenvalue weighted by Gasteiger charge is -2.45. The maximum absolute atomic E-state index is 12.4. The maximum Gasteiger partial charge on any atom is 0.327 e. The van der Waals surface area contributed by atoms with Crippen LogP contribution in [0.2, 0.25) is 0 Å². The van der Waals surface area contributed by atoms with E-state index < -0.39 is 45.8 Å². The van der Waals surface area contributed by atoms with Gasteiger partial charge in [-0.15, -0.1) is 11.8 Å². The Morgan fingerprint density at radius 1 is 1.33 bits per heavy atom. The fraction of sp³-hybridized carbons (Fsp3) is 0.438. The molecule has 2 heterocycles. The van der Waals surface area contributed by atoms with E-state index in [-0.39, 0.29) is 11.3 Å². The number of carbonyl (C=O) groups excluding carboxylic acids is 2. The molecular weight excluding hydrogens is 334 g/mol. The number of hydrogen-bond donors (Lipinski definition) is 3. The van der Waals surface area contributed by atoms with Crippen LogP contribution < -0.4 is 0 Å². The van der Waals surface area contributed by atoms with E-state index in [0.29, 0.717) is 0 Å². The monoisotopic (exact) mass is 351 g/mol. The maximum atomic E-state index is 12.4. The highest BCUT2D eigenvalue weighted by molar-refractivity contribution is 8.01. The molecule has 3 N–H and O–H groups in total. The zero-order valence-electron chi connectivity index (χ0n) is 13.0. The van der Waals surface area contributed by atoms with E-state index in [4.69, 9.17) is 0 Å². The van der Waals surface area contributed by atoms with Gasteiger partial charge in [0, 0.05) is 10.3 Å². The summed E-state index contributed by atoms with van der Waals surface area (Å²) in [6.45, 7) is 3.45. The van der Waals surface area contributed by atoms with Crippen molar-refractivity contribution in [1.29, 1.82) is 0 Å². The topological polar surface area (TPSA) is 115 Å². The number of benzene rings is 1. The number of amides is 1. The molecular formula is C16H17NO6S. The van der Waals surface area contributed by atoms with Gasteiger partial charge >= 0.3 is 5.97 Å². The van der Waals surface area contributed by atoms with Gasteiger partial charge in [-0.1, -0.05) is 12.1 Å². The van der Waals surface area contributed by atoms with Crippen LogP contribution in [-0.2, 0) is 9.59 Å². The Morgan fingerprint density at radius 2 is 2.00 bits per heavy atom. The molecule has 3 rings (SSSR count). The molecule has 1 aromatic carbocycles. The van der Waals surface area contributed by atoms with Gasteiger partial charge in [0.25, 0.3) is 0 Å². The average molecular weight is 351 g/mol. The van der Waals surface area contributed by atoms with Gasteiger partial charge in [-0.2, -0.15) is 0 Å². The quantitative estimate of drug-likeness (QED) is 0.540. The number of Topliss-reactive ketones (excluding diaryl/α,β-unsaturated/α-hetero) is 1. The first kappa shape index (κ1) is 16.8. The first-order valence-corrected chi connectivity index (χ1v) is 8.27. The van der Waals surface area contributed by atoms with Gasteiger partial charge in [-0.3, -0.25) is 9.59 Å². The van der Waals surface area contributed by atoms with Crippen LogP contribution >= 0.6 is 11.8 Å². The third kappa shape index (κ3) is 2.37. The molecule has 24 heavy (non-hydrogen) atoms. The minimum Gasteiger partial charge on any atom is -0.508 e. The molecule has 2 aliphatic heterocycles. The number of ketones is 1. The summed E-state index contributed by atoms with van der Waals surface area (Å²) in [5.41, 5.74) is 0.103. The fourth-order valence-electron chi connectivity index (χ4n) is 3.33. The van der Waals surface area contributed by atoms with Gasteiger partial charge in [0.15, 0.2) is 5.78 Å². The second-order valence-electron chi connectivity index (χ2n) is 6.48. The molecule has 4 atom stereocenters. The number of rotatable bonds is 4. The van der Waals surface area contributed by atoms with Crippen LogP contribution in [0.4, 0.5) is 0 Å². The largest absolute Gasteiger partial charge is 0.508 e. The molecule has 0 radical (unpaired) electrons. The highest BCUT2D eigenvalue weighted by atomic mass is 32.2. The molecule has 2 aliphatic rings. The second kappa shape index (κ2) is 5.49. The second-order valence-corrected chi connectivity index (χ2v) is 8.25. The number of thioether (sulfide) groups is 1. The number of nitrogens with zero attached hydrogens (tertiary/aromatic N) is 1. The van der Waals surface area contributed by atoms with E-state index in [1.54, 1.807) is 13.8 Å². The minimum absolute atomic E-state index is 0.103. The van der Waals surface area contributed by atoms with Gasteiger partial charge in [0.2, 0.25) is 5.91 Å². The number of carbonyl (C=O) groups is 3. The zero-order valence-corrected chi connectivity index (χ0v) is 13.9. The van der Waals surface area contributed by atoms with Crippen molar-refractivity contribution in [2.24, 2.45) is 5.92 Å². The summed E-state index contributed by atoms with van der Waals surface area (Å²) in [6.07, 6.45) is -1.57. The van der Waals surface area contributed by atoms with Crippen LogP contribution in [0.1, 0.15) is 24.2 Å². The summed E-state index contributed by atoms with van der Waals surface area (Å²) in [6, 6.07) is 4.54. The first-order valence-electron chi connectivity index (χ1n) is 7.39. The van der Waals surface area contributed by atoms with Crippen LogP contribution in [0, 0.1) is 5.92 Å². The summed E-state index contributed by atoms with van der Waals surface area (Å²) in [5.74, 6) is -3.39. The Balaban J connectivity index is 1.83. The fourth-order valence-corrected chi connectivity index (χ4v) is 5.04. The molecule has 7 nitrogen and oxygen atoms in total. The molecule has 0 aromatic heterocycles. The van der Waals surface area contributed by atoms with Crippen molar-refractivity contribution in [2.45, 2.75) is 36.1 Å². The lowest BCUT2D eigenvalue weighted by molar-refractivity contribution is -0.167. The summed E-state index contributed by atoms with van der Waals surface area (Å²) in [4.78, 5) is 37.5. The molecule has 0 saturated carbocycles. The van der Waals surface area contributed by atoms with Crippen LogP contribution in [0.15, 0.2) is 24.3 Å². The SMILES string of the molecule is CC1(C)S[C@@H]2[C@H]([C@H](O)C(=O)c3cccc(O)c3)C(=O)N2[C@H]1C(=O)O. The van der Waals surface area contributed by atoms with E-state index in [2.05, 4.69) is 0 Å². The number of aromatic hydroxyl groups is 1. The lowest BCUT2D eigenvalue weighted by Crippen LogP contribution is -2.66. The molecule has 0 aliphatic carbocycles. The summed E-state index contributed by atoms with van der Waals surface area (Å²) in [5, 5.41) is 28.6. The van der Waals surface area contributed by atoms with Gasteiger partial charge in [-0.25, -0.2) is 4.79 Å². The predicted molar refractivity (Wildman–Crippen MR) is 85.7 cm³/mol. The summed E-state index contributed by atoms with van der Waals surface area (Å²) < 4.78 is -0.714. The number of phenols is 1. The molecule has 0 spiro atoms. The highest BCUT2D eigenvalue weighted by Gasteiger charge is 2.65. The van der Waals surface area contributed by atoms with Crippen molar-refractivity contribution in [3.05, 3.63) is 29.8 Å². The van der Waals surface area contributed by atoms with Crippen molar-refractivity contribution in [1.82, 2.24) is 4.90 Å². The van der Waals surface area contributed by atoms with Gasteiger partial charge in [0.05, 0.1) is 5.37 Å². The van der Waals surface area contributed by atoms with Crippen LogP contribution in [0.5, 0.6) is 5.75 Å². The Bertz CT molecular complexity index is 733. The van der Waals surface area contributed by atoms with Crippen molar-refractivity contribution < 1.29 is 29.7 Å². The van der Waals surface area contributed by atoms with Crippen molar-refractivity contribution >= 4 is 29.4 Å². The Kier molecular flexibility index (Phi) is 3.84. The number of carboxylic acid groups (broad SMARTS) is 1. The van der Waals surface area contributed by atoms with Crippen LogP contribution in [-0.4, -0.2) is 60.1 Å². The first-order chi connectivity index (χ1) is 11.1. The number of phenolic OH excluding ortho intramolecular Hbond substituents is 1. The predicted octanol–water partition coefficient (Wildman–Crippen LogP) is 0.699. The van der Waals surface area contributed by atoms with Crippen molar-refractivity contribution in [3.8, 4) is 5.75 Å².